The van der Waals surface area contributed by atoms with E-state index in [9.17, 15) is 0 Å². The Labute approximate surface area is 119 Å². The molecular formula is C15H20ClN3. The number of nitrogens with zero attached hydrogens (tertiary/aromatic N) is 3. The van der Waals surface area contributed by atoms with E-state index in [1.54, 1.807) is 0 Å². The number of benzene rings is 1. The van der Waals surface area contributed by atoms with Crippen LogP contribution in [0.25, 0.3) is 11.0 Å². The first-order chi connectivity index (χ1) is 9.15. The summed E-state index contributed by atoms with van der Waals surface area (Å²) in [6.07, 6.45) is 2.62. The summed E-state index contributed by atoms with van der Waals surface area (Å²) in [4.78, 5) is 7.03. The lowest BCUT2D eigenvalue weighted by molar-refractivity contribution is 0.339. The fraction of sp³-hybridized carbons (Fsp3) is 0.533. The average Bonchev–Trinajstić information content (AvgIpc) is 2.99. The van der Waals surface area contributed by atoms with Gasteiger partial charge < -0.3 is 9.47 Å². The summed E-state index contributed by atoms with van der Waals surface area (Å²) in [5.41, 5.74) is 3.40. The Kier molecular flexibility index (Phi) is 3.50. The molecule has 4 heteroatoms. The molecule has 0 bridgehead atoms. The van der Waals surface area contributed by atoms with E-state index in [2.05, 4.69) is 32.7 Å². The van der Waals surface area contributed by atoms with Gasteiger partial charge in [-0.1, -0.05) is 6.07 Å². The molecule has 1 saturated heterocycles. The molecule has 102 valence electrons. The van der Waals surface area contributed by atoms with Crippen molar-refractivity contribution in [2.24, 2.45) is 7.05 Å². The molecule has 1 aromatic heterocycles. The standard InChI is InChI=1S/C15H20ClN3/c1-11-17-14-9-12(5-6-15(14)18(11)2)13(16)10-19-7-3-4-8-19/h5-6,9,13H,3-4,7-8,10H2,1-2H3. The third-order valence-electron chi connectivity index (χ3n) is 4.11. The van der Waals surface area contributed by atoms with Crippen LogP contribution in [0.5, 0.6) is 0 Å². The SMILES string of the molecule is Cc1nc2cc(C(Cl)CN3CCCC3)ccc2n1C. The fourth-order valence-electron chi connectivity index (χ4n) is 2.83. The minimum atomic E-state index is 0.0600. The molecule has 0 amide bonds. The number of hydrogen-bond donors (Lipinski definition) is 0. The normalized spacial score (nSPS) is 18.3. The molecule has 1 aliphatic heterocycles. The van der Waals surface area contributed by atoms with Gasteiger partial charge in [0.1, 0.15) is 5.82 Å². The number of imidazole rings is 1. The van der Waals surface area contributed by atoms with Gasteiger partial charge in [0, 0.05) is 13.6 Å². The van der Waals surface area contributed by atoms with Crippen LogP contribution in [0.15, 0.2) is 18.2 Å². The molecule has 1 unspecified atom stereocenters. The Balaban J connectivity index is 1.83. The molecule has 3 nitrogen and oxygen atoms in total. The van der Waals surface area contributed by atoms with Gasteiger partial charge in [-0.3, -0.25) is 0 Å². The molecule has 1 aromatic carbocycles. The topological polar surface area (TPSA) is 21.1 Å². The highest BCUT2D eigenvalue weighted by atomic mass is 35.5. The van der Waals surface area contributed by atoms with Crippen LogP contribution in [-0.4, -0.2) is 34.1 Å². The van der Waals surface area contributed by atoms with Gasteiger partial charge in [-0.2, -0.15) is 0 Å². The zero-order chi connectivity index (χ0) is 13.4. The summed E-state index contributed by atoms with van der Waals surface area (Å²) in [6.45, 7) is 5.35. The lowest BCUT2D eigenvalue weighted by Gasteiger charge is -2.18. The van der Waals surface area contributed by atoms with Crippen LogP contribution < -0.4 is 0 Å². The average molecular weight is 278 g/mol. The second-order valence-electron chi connectivity index (χ2n) is 5.44. The number of aryl methyl sites for hydroxylation is 2. The van der Waals surface area contributed by atoms with Gasteiger partial charge in [-0.05, 0) is 50.6 Å². The third kappa shape index (κ3) is 2.49. The van der Waals surface area contributed by atoms with Gasteiger partial charge in [0.05, 0.1) is 16.4 Å². The molecule has 1 atom stereocenters. The molecule has 2 heterocycles. The van der Waals surface area contributed by atoms with Crippen molar-refractivity contribution in [3.05, 3.63) is 29.6 Å². The maximum Gasteiger partial charge on any atom is 0.106 e. The molecular weight excluding hydrogens is 258 g/mol. The summed E-state index contributed by atoms with van der Waals surface area (Å²) < 4.78 is 2.11. The van der Waals surface area contributed by atoms with Crippen molar-refractivity contribution < 1.29 is 0 Å². The van der Waals surface area contributed by atoms with Crippen molar-refractivity contribution in [1.29, 1.82) is 0 Å². The second-order valence-corrected chi connectivity index (χ2v) is 5.97. The lowest BCUT2D eigenvalue weighted by Crippen LogP contribution is -2.23. The molecule has 1 fully saturated rings. The van der Waals surface area contributed by atoms with Gasteiger partial charge in [0.25, 0.3) is 0 Å². The first-order valence-electron chi connectivity index (χ1n) is 6.94. The number of halogens is 1. The Morgan fingerprint density at radius 3 is 2.79 bits per heavy atom. The minimum absolute atomic E-state index is 0.0600. The van der Waals surface area contributed by atoms with E-state index < -0.39 is 0 Å². The van der Waals surface area contributed by atoms with Crippen LogP contribution in [0.2, 0.25) is 0 Å². The molecule has 19 heavy (non-hydrogen) atoms. The molecule has 2 aromatic rings. The van der Waals surface area contributed by atoms with Gasteiger partial charge in [-0.15, -0.1) is 11.6 Å². The maximum atomic E-state index is 6.56. The van der Waals surface area contributed by atoms with Crippen LogP contribution in [0.4, 0.5) is 0 Å². The highest BCUT2D eigenvalue weighted by Crippen LogP contribution is 2.26. The van der Waals surface area contributed by atoms with Gasteiger partial charge in [-0.25, -0.2) is 4.98 Å². The van der Waals surface area contributed by atoms with Crippen molar-refractivity contribution in [3.8, 4) is 0 Å². The van der Waals surface area contributed by atoms with Crippen LogP contribution >= 0.6 is 11.6 Å². The van der Waals surface area contributed by atoms with E-state index >= 15 is 0 Å². The van der Waals surface area contributed by atoms with E-state index in [1.165, 1.54) is 37.0 Å². The summed E-state index contributed by atoms with van der Waals surface area (Å²) in [6, 6.07) is 6.40. The summed E-state index contributed by atoms with van der Waals surface area (Å²) in [5, 5.41) is 0.0600. The molecule has 0 aliphatic carbocycles. The van der Waals surface area contributed by atoms with Crippen molar-refractivity contribution in [2.75, 3.05) is 19.6 Å². The van der Waals surface area contributed by atoms with Crippen molar-refractivity contribution >= 4 is 22.6 Å². The number of hydrogen-bond acceptors (Lipinski definition) is 2. The molecule has 0 spiro atoms. The van der Waals surface area contributed by atoms with Crippen LogP contribution in [-0.2, 0) is 7.05 Å². The van der Waals surface area contributed by atoms with Crippen molar-refractivity contribution in [3.63, 3.8) is 0 Å². The predicted octanol–water partition coefficient (Wildman–Crippen LogP) is 3.26. The fourth-order valence-corrected chi connectivity index (χ4v) is 3.16. The Bertz CT molecular complexity index is 584. The zero-order valence-electron chi connectivity index (χ0n) is 11.6. The van der Waals surface area contributed by atoms with E-state index in [1.807, 2.05) is 14.0 Å². The number of likely N-dealkylation sites (tertiary alicyclic amines) is 1. The van der Waals surface area contributed by atoms with E-state index in [0.717, 1.165) is 17.9 Å². The Morgan fingerprint density at radius 2 is 2.05 bits per heavy atom. The first kappa shape index (κ1) is 12.9. The Hall–Kier alpha value is -1.06. The maximum absolute atomic E-state index is 6.56. The summed E-state index contributed by atoms with van der Waals surface area (Å²) in [7, 11) is 2.05. The number of fused-ring (bicyclic) bond motifs is 1. The van der Waals surface area contributed by atoms with Crippen LogP contribution in [0.1, 0.15) is 29.6 Å². The van der Waals surface area contributed by atoms with Crippen LogP contribution in [0.3, 0.4) is 0 Å². The summed E-state index contributed by atoms with van der Waals surface area (Å²) in [5.74, 6) is 1.04. The Morgan fingerprint density at radius 1 is 1.32 bits per heavy atom. The number of rotatable bonds is 3. The monoisotopic (exact) mass is 277 g/mol. The molecule has 0 N–H and O–H groups in total. The first-order valence-corrected chi connectivity index (χ1v) is 7.38. The van der Waals surface area contributed by atoms with Gasteiger partial charge in [0.15, 0.2) is 0 Å². The van der Waals surface area contributed by atoms with E-state index in [0.29, 0.717) is 0 Å². The van der Waals surface area contributed by atoms with Crippen molar-refractivity contribution in [1.82, 2.24) is 14.5 Å². The number of alkyl halides is 1. The molecule has 0 radical (unpaired) electrons. The smallest absolute Gasteiger partial charge is 0.106 e. The second kappa shape index (κ2) is 5.14. The largest absolute Gasteiger partial charge is 0.331 e. The molecule has 1 aliphatic rings. The zero-order valence-corrected chi connectivity index (χ0v) is 12.3. The van der Waals surface area contributed by atoms with E-state index in [4.69, 9.17) is 11.6 Å². The van der Waals surface area contributed by atoms with Crippen molar-refractivity contribution in [2.45, 2.75) is 25.1 Å². The van der Waals surface area contributed by atoms with Gasteiger partial charge >= 0.3 is 0 Å². The molecule has 3 rings (SSSR count). The quantitative estimate of drug-likeness (QED) is 0.803. The van der Waals surface area contributed by atoms with Gasteiger partial charge in [0.2, 0.25) is 0 Å². The number of aromatic nitrogens is 2. The third-order valence-corrected chi connectivity index (χ3v) is 4.50. The lowest BCUT2D eigenvalue weighted by atomic mass is 10.1. The van der Waals surface area contributed by atoms with E-state index in [-0.39, 0.29) is 5.38 Å². The predicted molar refractivity (Wildman–Crippen MR) is 79.7 cm³/mol. The summed E-state index contributed by atoms with van der Waals surface area (Å²) >= 11 is 6.56. The highest BCUT2D eigenvalue weighted by Gasteiger charge is 2.18. The highest BCUT2D eigenvalue weighted by molar-refractivity contribution is 6.21. The molecule has 0 saturated carbocycles. The minimum Gasteiger partial charge on any atom is -0.331 e. The van der Waals surface area contributed by atoms with Crippen LogP contribution in [0, 0.1) is 6.92 Å².